The fourth-order valence-corrected chi connectivity index (χ4v) is 5.15. The number of aryl methyl sites for hydroxylation is 1. The first-order valence-electron chi connectivity index (χ1n) is 12.7. The van der Waals surface area contributed by atoms with E-state index in [2.05, 4.69) is 4.98 Å². The Kier molecular flexibility index (Phi) is 9.12. The van der Waals surface area contributed by atoms with Crippen molar-refractivity contribution in [3.05, 3.63) is 104 Å². The van der Waals surface area contributed by atoms with Crippen molar-refractivity contribution in [2.24, 2.45) is 11.7 Å². The average molecular weight is 578 g/mol. The highest BCUT2D eigenvalue weighted by atomic mass is 19.4. The molecule has 10 nitrogen and oxygen atoms in total. The predicted octanol–water partition coefficient (Wildman–Crippen LogP) is 2.90. The Bertz CT molecular complexity index is 1450. The van der Waals surface area contributed by atoms with Gasteiger partial charge in [-0.05, 0) is 24.5 Å². The zero-order valence-electron chi connectivity index (χ0n) is 22.0. The highest BCUT2D eigenvalue weighted by Gasteiger charge is 2.65. The first-order chi connectivity index (χ1) is 19.4. The lowest BCUT2D eigenvalue weighted by Gasteiger charge is -2.34. The van der Waals surface area contributed by atoms with Crippen molar-refractivity contribution in [3.63, 3.8) is 0 Å². The molecule has 1 aliphatic carbocycles. The molecule has 13 heteroatoms. The molecule has 0 unspecified atom stereocenters. The van der Waals surface area contributed by atoms with Crippen LogP contribution in [0.15, 0.2) is 76.4 Å². The molecule has 2 aromatic carbocycles. The number of alkyl halides is 3. The molecule has 1 saturated heterocycles. The standard InChI is InChI=1S/C26H29N3O5.C2HF3O2/c1-17-13-29(25(31)28-23(17)30)24-21-20(27)12-26(34-24,16-32-14-18-8-4-2-5-9-18)22(21)33-15-19-10-6-3-7-11-19;3-2(4,5)1(6)7/h2-11,13,20-22,24H,12,14-16,27H2,1H3,(H,28,30,31);(H,6,7)/t20-,21-,22+,24-,26-;/m1./s1. The van der Waals surface area contributed by atoms with E-state index in [1.165, 1.54) is 10.8 Å². The first kappa shape index (κ1) is 30.2. The maximum atomic E-state index is 12.7. The van der Waals surface area contributed by atoms with Crippen LogP contribution in [0, 0.1) is 12.8 Å². The summed E-state index contributed by atoms with van der Waals surface area (Å²) in [5.74, 6) is -3.03. The zero-order chi connectivity index (χ0) is 29.8. The van der Waals surface area contributed by atoms with Crippen LogP contribution in [0.3, 0.4) is 0 Å². The minimum Gasteiger partial charge on any atom is -0.475 e. The molecule has 0 amide bonds. The molecular weight excluding hydrogens is 547 g/mol. The lowest BCUT2D eigenvalue weighted by molar-refractivity contribution is -0.192. The van der Waals surface area contributed by atoms with Crippen LogP contribution < -0.4 is 17.0 Å². The molecule has 1 aliphatic heterocycles. The van der Waals surface area contributed by atoms with Gasteiger partial charge in [-0.2, -0.15) is 13.2 Å². The monoisotopic (exact) mass is 577 g/mol. The number of nitrogens with two attached hydrogens (primary N) is 1. The van der Waals surface area contributed by atoms with Gasteiger partial charge in [0.05, 0.1) is 25.9 Å². The van der Waals surface area contributed by atoms with Crippen LogP contribution in [0.2, 0.25) is 0 Å². The molecule has 5 rings (SSSR count). The van der Waals surface area contributed by atoms with Gasteiger partial charge < -0.3 is 25.1 Å². The van der Waals surface area contributed by atoms with E-state index in [0.29, 0.717) is 25.2 Å². The summed E-state index contributed by atoms with van der Waals surface area (Å²) in [6.07, 6.45) is -4.03. The van der Waals surface area contributed by atoms with Crippen molar-refractivity contribution < 1.29 is 37.3 Å². The Morgan fingerprint density at radius 1 is 1.10 bits per heavy atom. The van der Waals surface area contributed by atoms with Crippen molar-refractivity contribution in [2.75, 3.05) is 6.61 Å². The van der Waals surface area contributed by atoms with Gasteiger partial charge in [-0.3, -0.25) is 14.3 Å². The Morgan fingerprint density at radius 3 is 2.22 bits per heavy atom. The van der Waals surface area contributed by atoms with Crippen molar-refractivity contribution in [2.45, 2.75) is 56.7 Å². The van der Waals surface area contributed by atoms with Gasteiger partial charge in [-0.1, -0.05) is 60.7 Å². The van der Waals surface area contributed by atoms with Crippen LogP contribution in [0.1, 0.15) is 29.3 Å². The number of carboxylic acids is 1. The predicted molar refractivity (Wildman–Crippen MR) is 140 cm³/mol. The number of H-pyrrole nitrogens is 1. The van der Waals surface area contributed by atoms with E-state index < -0.39 is 35.2 Å². The van der Waals surface area contributed by atoms with Crippen LogP contribution in [-0.4, -0.2) is 51.2 Å². The first-order valence-corrected chi connectivity index (χ1v) is 12.7. The fraction of sp³-hybridized carbons (Fsp3) is 0.393. The summed E-state index contributed by atoms with van der Waals surface area (Å²) in [6.45, 7) is 2.76. The van der Waals surface area contributed by atoms with Crippen LogP contribution in [0.4, 0.5) is 13.2 Å². The Balaban J connectivity index is 0.000000493. The van der Waals surface area contributed by atoms with Crippen LogP contribution in [0.25, 0.3) is 0 Å². The molecule has 2 fully saturated rings. The molecule has 0 radical (unpaired) electrons. The highest BCUT2D eigenvalue weighted by Crippen LogP contribution is 2.53. The minimum absolute atomic E-state index is 0.251. The lowest BCUT2D eigenvalue weighted by Crippen LogP contribution is -2.46. The van der Waals surface area contributed by atoms with Crippen LogP contribution in [0.5, 0.6) is 0 Å². The van der Waals surface area contributed by atoms with Crippen molar-refractivity contribution >= 4 is 5.97 Å². The number of aliphatic carboxylic acids is 1. The lowest BCUT2D eigenvalue weighted by atomic mass is 9.99. The van der Waals surface area contributed by atoms with E-state index in [1.54, 1.807) is 6.92 Å². The van der Waals surface area contributed by atoms with E-state index in [0.717, 1.165) is 11.1 Å². The van der Waals surface area contributed by atoms with E-state index in [1.807, 2.05) is 60.7 Å². The highest BCUT2D eigenvalue weighted by molar-refractivity contribution is 5.73. The summed E-state index contributed by atoms with van der Waals surface area (Å²) in [5.41, 5.74) is 7.37. The number of rotatable bonds is 8. The van der Waals surface area contributed by atoms with Gasteiger partial charge in [0.2, 0.25) is 0 Å². The Labute approximate surface area is 232 Å². The normalized spacial score (nSPS) is 25.0. The largest absolute Gasteiger partial charge is 0.490 e. The third-order valence-electron chi connectivity index (χ3n) is 7.02. The second-order valence-electron chi connectivity index (χ2n) is 10.00. The van der Waals surface area contributed by atoms with Gasteiger partial charge in [0.1, 0.15) is 11.8 Å². The number of nitrogens with zero attached hydrogens (tertiary/aromatic N) is 1. The van der Waals surface area contributed by atoms with E-state index >= 15 is 0 Å². The second kappa shape index (κ2) is 12.4. The summed E-state index contributed by atoms with van der Waals surface area (Å²) >= 11 is 0. The van der Waals surface area contributed by atoms with Crippen molar-refractivity contribution in [3.8, 4) is 0 Å². The van der Waals surface area contributed by atoms with Gasteiger partial charge in [-0.15, -0.1) is 0 Å². The SMILES string of the molecule is Cc1cn([C@@H]2O[C@@]3(COCc4ccccc4)C[C@@H](N)[C@@H]2[C@@H]3OCc2ccccc2)c(=O)[nH]c1=O.O=C(O)C(F)(F)F. The number of benzene rings is 2. The summed E-state index contributed by atoms with van der Waals surface area (Å²) < 4.78 is 52.2. The van der Waals surface area contributed by atoms with Crippen LogP contribution in [-0.2, 0) is 32.2 Å². The molecule has 5 atom stereocenters. The van der Waals surface area contributed by atoms with E-state index in [4.69, 9.17) is 29.8 Å². The van der Waals surface area contributed by atoms with Gasteiger partial charge >= 0.3 is 17.8 Å². The molecular formula is C28H30F3N3O7. The number of fused-ring (bicyclic) bond motifs is 2. The van der Waals surface area contributed by atoms with Gasteiger partial charge in [0.25, 0.3) is 5.56 Å². The summed E-state index contributed by atoms with van der Waals surface area (Å²) in [5, 5.41) is 7.12. The number of nitrogens with one attached hydrogen (secondary N) is 1. The van der Waals surface area contributed by atoms with Gasteiger partial charge in [0, 0.05) is 23.7 Å². The van der Waals surface area contributed by atoms with Crippen molar-refractivity contribution in [1.29, 1.82) is 0 Å². The average Bonchev–Trinajstić information content (AvgIpc) is 3.38. The molecule has 1 aromatic heterocycles. The van der Waals surface area contributed by atoms with E-state index in [-0.39, 0.29) is 24.7 Å². The number of aromatic nitrogens is 2. The molecule has 41 heavy (non-hydrogen) atoms. The molecule has 3 aromatic rings. The zero-order valence-corrected chi connectivity index (χ0v) is 22.0. The van der Waals surface area contributed by atoms with E-state index in [9.17, 15) is 22.8 Å². The number of carbonyl (C=O) groups is 1. The minimum atomic E-state index is -5.08. The number of hydrogen-bond donors (Lipinski definition) is 3. The number of ether oxygens (including phenoxy) is 3. The third kappa shape index (κ3) is 6.93. The third-order valence-corrected chi connectivity index (χ3v) is 7.02. The maximum Gasteiger partial charge on any atom is 0.490 e. The maximum absolute atomic E-state index is 12.7. The van der Waals surface area contributed by atoms with Crippen LogP contribution >= 0.6 is 0 Å². The fourth-order valence-electron chi connectivity index (χ4n) is 5.15. The Hall–Kier alpha value is -3.78. The van der Waals surface area contributed by atoms with Gasteiger partial charge in [-0.25, -0.2) is 9.59 Å². The Morgan fingerprint density at radius 2 is 1.66 bits per heavy atom. The summed E-state index contributed by atoms with van der Waals surface area (Å²) in [6, 6.07) is 19.6. The molecule has 4 N–H and O–H groups in total. The molecule has 0 spiro atoms. The molecule has 2 heterocycles. The number of hydrogen-bond acceptors (Lipinski definition) is 7. The second-order valence-corrected chi connectivity index (χ2v) is 10.00. The molecule has 2 bridgehead atoms. The van der Waals surface area contributed by atoms with Gasteiger partial charge in [0.15, 0.2) is 0 Å². The molecule has 2 aliphatic rings. The van der Waals surface area contributed by atoms with Crippen molar-refractivity contribution in [1.82, 2.24) is 9.55 Å². The number of aromatic amines is 1. The number of carboxylic acid groups (broad SMARTS) is 1. The molecule has 1 saturated carbocycles. The summed E-state index contributed by atoms with van der Waals surface area (Å²) in [4.78, 5) is 35.8. The topological polar surface area (TPSA) is 146 Å². The number of halogens is 3. The quantitative estimate of drug-likeness (QED) is 0.371. The summed E-state index contributed by atoms with van der Waals surface area (Å²) in [7, 11) is 0. The molecule has 220 valence electrons. The smallest absolute Gasteiger partial charge is 0.475 e.